The second-order valence-corrected chi connectivity index (χ2v) is 8.42. The number of thiazole rings is 1. The van der Waals surface area contributed by atoms with E-state index in [2.05, 4.69) is 4.98 Å². The molecule has 0 amide bonds. The predicted octanol–water partition coefficient (Wildman–Crippen LogP) is 5.91. The highest BCUT2D eigenvalue weighted by Gasteiger charge is 2.36. The fourth-order valence-electron chi connectivity index (χ4n) is 2.00. The quantitative estimate of drug-likeness (QED) is 0.589. The molecule has 0 aliphatic heterocycles. The number of nitrogens with zero attached hydrogens (tertiary/aromatic N) is 1. The van der Waals surface area contributed by atoms with E-state index in [1.54, 1.807) is 0 Å². The van der Waals surface area contributed by atoms with Crippen LogP contribution in [0.15, 0.2) is 12.1 Å². The molecular formula is C16H20F3NS. The largest absolute Gasteiger partial charge is 0.418 e. The van der Waals surface area contributed by atoms with E-state index in [0.717, 1.165) is 5.01 Å². The fraction of sp³-hybridized carbons (Fsp3) is 0.562. The Morgan fingerprint density at radius 3 is 1.90 bits per heavy atom. The zero-order valence-corrected chi connectivity index (χ0v) is 14.0. The van der Waals surface area contributed by atoms with Crippen molar-refractivity contribution < 1.29 is 13.2 Å². The predicted molar refractivity (Wildman–Crippen MR) is 82.0 cm³/mol. The first-order valence-corrected chi connectivity index (χ1v) is 7.64. The van der Waals surface area contributed by atoms with Crippen LogP contribution in [0, 0.1) is 0 Å². The first-order chi connectivity index (χ1) is 9.30. The molecule has 5 heteroatoms. The van der Waals surface area contributed by atoms with Gasteiger partial charge < -0.3 is 0 Å². The van der Waals surface area contributed by atoms with E-state index in [-0.39, 0.29) is 16.3 Å². The molecule has 116 valence electrons. The Morgan fingerprint density at radius 1 is 0.905 bits per heavy atom. The highest BCUT2D eigenvalue weighted by atomic mass is 32.1. The summed E-state index contributed by atoms with van der Waals surface area (Å²) < 4.78 is 40.7. The van der Waals surface area contributed by atoms with Gasteiger partial charge in [-0.1, -0.05) is 41.5 Å². The molecule has 2 aromatic rings. The Morgan fingerprint density at radius 2 is 1.48 bits per heavy atom. The van der Waals surface area contributed by atoms with Gasteiger partial charge in [-0.05, 0) is 23.1 Å². The van der Waals surface area contributed by atoms with Crippen molar-refractivity contribution in [2.24, 2.45) is 0 Å². The smallest absolute Gasteiger partial charge is 0.240 e. The summed E-state index contributed by atoms with van der Waals surface area (Å²) in [6, 6.07) is 3.09. The Hall–Kier alpha value is -1.10. The Balaban J connectivity index is 2.81. The molecule has 0 N–H and O–H groups in total. The summed E-state index contributed by atoms with van der Waals surface area (Å²) in [4.78, 5) is 4.27. The second kappa shape index (κ2) is 4.70. The van der Waals surface area contributed by atoms with Crippen molar-refractivity contribution in [3.05, 3.63) is 28.3 Å². The van der Waals surface area contributed by atoms with Crippen molar-refractivity contribution in [2.75, 3.05) is 0 Å². The Kier molecular flexibility index (Phi) is 3.64. The van der Waals surface area contributed by atoms with Crippen molar-refractivity contribution in [3.8, 4) is 0 Å². The van der Waals surface area contributed by atoms with Crippen LogP contribution in [-0.2, 0) is 17.0 Å². The summed E-state index contributed by atoms with van der Waals surface area (Å²) >= 11 is 1.35. The van der Waals surface area contributed by atoms with Gasteiger partial charge in [-0.3, -0.25) is 0 Å². The van der Waals surface area contributed by atoms with E-state index in [9.17, 15) is 13.2 Å². The van der Waals surface area contributed by atoms with Gasteiger partial charge in [0.05, 0.1) is 20.8 Å². The van der Waals surface area contributed by atoms with E-state index in [0.29, 0.717) is 10.3 Å². The second-order valence-electron chi connectivity index (χ2n) is 7.39. The van der Waals surface area contributed by atoms with Crippen LogP contribution >= 0.6 is 11.3 Å². The molecule has 21 heavy (non-hydrogen) atoms. The topological polar surface area (TPSA) is 12.9 Å². The molecular weight excluding hydrogens is 295 g/mol. The van der Waals surface area contributed by atoms with Gasteiger partial charge in [-0.15, -0.1) is 11.3 Å². The van der Waals surface area contributed by atoms with Crippen LogP contribution in [-0.4, -0.2) is 4.98 Å². The van der Waals surface area contributed by atoms with Crippen LogP contribution in [0.3, 0.4) is 0 Å². The molecule has 0 bridgehead atoms. The minimum atomic E-state index is -4.39. The maximum Gasteiger partial charge on any atom is 0.418 e. The Bertz CT molecular complexity index is 670. The molecule has 0 radical (unpaired) electrons. The van der Waals surface area contributed by atoms with Gasteiger partial charge in [0, 0.05) is 5.41 Å². The third kappa shape index (κ3) is 3.23. The third-order valence-corrected chi connectivity index (χ3v) is 4.74. The molecule has 0 spiro atoms. The SMILES string of the molecule is CC(C)(C)c1cc(C(F)(F)F)c2nc(C(C)(C)C)sc2c1. The molecule has 0 atom stereocenters. The van der Waals surface area contributed by atoms with Crippen LogP contribution in [0.5, 0.6) is 0 Å². The van der Waals surface area contributed by atoms with Gasteiger partial charge in [0.1, 0.15) is 0 Å². The third-order valence-electron chi connectivity index (χ3n) is 3.31. The number of rotatable bonds is 0. The van der Waals surface area contributed by atoms with Gasteiger partial charge in [0.2, 0.25) is 0 Å². The van der Waals surface area contributed by atoms with Crippen LogP contribution in [0.1, 0.15) is 57.7 Å². The number of aromatic nitrogens is 1. The highest BCUT2D eigenvalue weighted by Crippen LogP contribution is 2.41. The molecule has 1 aromatic carbocycles. The molecule has 0 aliphatic rings. The van der Waals surface area contributed by atoms with Gasteiger partial charge in [0.25, 0.3) is 0 Å². The summed E-state index contributed by atoms with van der Waals surface area (Å²) in [5.74, 6) is 0. The molecule has 0 aliphatic carbocycles. The first kappa shape index (κ1) is 16.3. The molecule has 2 rings (SSSR count). The number of halogens is 3. The molecule has 0 fully saturated rings. The summed E-state index contributed by atoms with van der Waals surface area (Å²) in [6.07, 6.45) is -4.39. The van der Waals surface area contributed by atoms with E-state index in [1.807, 2.05) is 47.6 Å². The summed E-state index contributed by atoms with van der Waals surface area (Å²) in [7, 11) is 0. The summed E-state index contributed by atoms with van der Waals surface area (Å²) in [5.41, 5.74) is -0.456. The van der Waals surface area contributed by atoms with Crippen LogP contribution < -0.4 is 0 Å². The van der Waals surface area contributed by atoms with E-state index >= 15 is 0 Å². The van der Waals surface area contributed by atoms with E-state index < -0.39 is 11.7 Å². The van der Waals surface area contributed by atoms with Crippen molar-refractivity contribution >= 4 is 21.6 Å². The minimum absolute atomic E-state index is 0.0745. The standard InChI is InChI=1S/C16H20F3NS/c1-14(2,3)9-7-10(16(17,18)19)12-11(8-9)21-13(20-12)15(4,5)6/h7-8H,1-6H3. The van der Waals surface area contributed by atoms with Gasteiger partial charge in [-0.25, -0.2) is 4.98 Å². The summed E-state index contributed by atoms with van der Waals surface area (Å²) in [5, 5.41) is 0.731. The monoisotopic (exact) mass is 315 g/mol. The summed E-state index contributed by atoms with van der Waals surface area (Å²) in [6.45, 7) is 11.6. The molecule has 0 saturated carbocycles. The van der Waals surface area contributed by atoms with Crippen LogP contribution in [0.2, 0.25) is 0 Å². The maximum atomic E-state index is 13.4. The van der Waals surface area contributed by atoms with Crippen LogP contribution in [0.4, 0.5) is 13.2 Å². The highest BCUT2D eigenvalue weighted by molar-refractivity contribution is 7.18. The van der Waals surface area contributed by atoms with Crippen LogP contribution in [0.25, 0.3) is 10.2 Å². The lowest BCUT2D eigenvalue weighted by molar-refractivity contribution is -0.136. The number of alkyl halides is 3. The lowest BCUT2D eigenvalue weighted by Gasteiger charge is -2.20. The molecule has 1 heterocycles. The lowest BCUT2D eigenvalue weighted by atomic mass is 9.86. The molecule has 0 saturated heterocycles. The van der Waals surface area contributed by atoms with E-state index in [1.165, 1.54) is 17.4 Å². The average molecular weight is 315 g/mol. The number of fused-ring (bicyclic) bond motifs is 1. The minimum Gasteiger partial charge on any atom is -0.240 e. The van der Waals surface area contributed by atoms with E-state index in [4.69, 9.17) is 0 Å². The zero-order valence-electron chi connectivity index (χ0n) is 13.1. The van der Waals surface area contributed by atoms with Gasteiger partial charge in [0.15, 0.2) is 0 Å². The van der Waals surface area contributed by atoms with Crippen molar-refractivity contribution in [2.45, 2.75) is 58.5 Å². The van der Waals surface area contributed by atoms with Gasteiger partial charge in [-0.2, -0.15) is 13.2 Å². The zero-order chi connectivity index (χ0) is 16.2. The van der Waals surface area contributed by atoms with Crippen molar-refractivity contribution in [1.82, 2.24) is 4.98 Å². The number of benzene rings is 1. The van der Waals surface area contributed by atoms with Crippen molar-refractivity contribution in [3.63, 3.8) is 0 Å². The lowest BCUT2D eigenvalue weighted by Crippen LogP contribution is -2.14. The molecule has 1 nitrogen and oxygen atoms in total. The molecule has 1 aromatic heterocycles. The Labute approximate surface area is 127 Å². The number of hydrogen-bond acceptors (Lipinski definition) is 2. The normalized spacial score (nSPS) is 14.0. The van der Waals surface area contributed by atoms with Gasteiger partial charge >= 0.3 is 6.18 Å². The maximum absolute atomic E-state index is 13.4. The number of hydrogen-bond donors (Lipinski definition) is 0. The average Bonchev–Trinajstić information content (AvgIpc) is 2.67. The molecule has 0 unspecified atom stereocenters. The fourth-order valence-corrected chi connectivity index (χ4v) is 3.09. The van der Waals surface area contributed by atoms with Crippen molar-refractivity contribution in [1.29, 1.82) is 0 Å². The first-order valence-electron chi connectivity index (χ1n) is 6.83.